The summed E-state index contributed by atoms with van der Waals surface area (Å²) in [7, 11) is 0. The van der Waals surface area contributed by atoms with Crippen LogP contribution in [0, 0.1) is 0 Å². The summed E-state index contributed by atoms with van der Waals surface area (Å²) in [5.74, 6) is -0.799. The van der Waals surface area contributed by atoms with Gasteiger partial charge in [-0.1, -0.05) is 0 Å². The Labute approximate surface area is 143 Å². The highest BCUT2D eigenvalue weighted by Crippen LogP contribution is 2.15. The fourth-order valence-electron chi connectivity index (χ4n) is 2.70. The first-order valence-corrected chi connectivity index (χ1v) is 8.54. The number of carbonyl (C=O) groups excluding carboxylic acids is 2. The van der Waals surface area contributed by atoms with Crippen LogP contribution in [0.4, 0.5) is 5.69 Å². The van der Waals surface area contributed by atoms with Crippen molar-refractivity contribution < 1.29 is 19.1 Å². The second-order valence-corrected chi connectivity index (χ2v) is 5.73. The molecule has 1 atom stereocenters. The zero-order valence-electron chi connectivity index (χ0n) is 14.4. The highest BCUT2D eigenvalue weighted by Gasteiger charge is 2.17. The number of esters is 1. The number of rotatable bonds is 8. The second-order valence-electron chi connectivity index (χ2n) is 5.73. The Hall–Kier alpha value is -2.08. The third kappa shape index (κ3) is 5.23. The molecule has 1 aromatic rings. The first-order chi connectivity index (χ1) is 11.6. The predicted octanol–water partition coefficient (Wildman–Crippen LogP) is 1.98. The summed E-state index contributed by atoms with van der Waals surface area (Å²) in [6.45, 7) is 6.93. The van der Waals surface area contributed by atoms with Gasteiger partial charge in [0.05, 0.1) is 11.7 Å². The Morgan fingerprint density at radius 2 is 1.96 bits per heavy atom. The van der Waals surface area contributed by atoms with E-state index in [0.29, 0.717) is 12.1 Å². The summed E-state index contributed by atoms with van der Waals surface area (Å²) in [5, 5.41) is 2.72. The number of nitrogens with one attached hydrogen (secondary N) is 1. The molecule has 1 aliphatic heterocycles. The Morgan fingerprint density at radius 1 is 1.25 bits per heavy atom. The van der Waals surface area contributed by atoms with Gasteiger partial charge in [0.2, 0.25) is 0 Å². The lowest BCUT2D eigenvalue weighted by molar-refractivity contribution is -0.124. The molecule has 1 amide bonds. The van der Waals surface area contributed by atoms with Gasteiger partial charge in [0.25, 0.3) is 5.91 Å². The number of hydrogen-bond donors (Lipinski definition) is 1. The summed E-state index contributed by atoms with van der Waals surface area (Å²) in [4.78, 5) is 25.9. The van der Waals surface area contributed by atoms with Crippen LogP contribution in [0.3, 0.4) is 0 Å². The summed E-state index contributed by atoms with van der Waals surface area (Å²) >= 11 is 0. The van der Waals surface area contributed by atoms with Crippen molar-refractivity contribution in [3.05, 3.63) is 29.8 Å². The van der Waals surface area contributed by atoms with Gasteiger partial charge in [0.15, 0.2) is 6.61 Å². The lowest BCUT2D eigenvalue weighted by Crippen LogP contribution is -2.34. The minimum atomic E-state index is -0.492. The predicted molar refractivity (Wildman–Crippen MR) is 92.3 cm³/mol. The van der Waals surface area contributed by atoms with Crippen molar-refractivity contribution in [1.29, 1.82) is 0 Å². The van der Waals surface area contributed by atoms with E-state index in [1.807, 2.05) is 12.1 Å². The quantitative estimate of drug-likeness (QED) is 0.736. The van der Waals surface area contributed by atoms with Crippen molar-refractivity contribution in [2.75, 3.05) is 37.7 Å². The van der Waals surface area contributed by atoms with Crippen LogP contribution in [0.15, 0.2) is 24.3 Å². The SMILES string of the molecule is CCN(CC)c1ccc(C(=O)OCC(=O)NC[C@H]2CCCO2)cc1. The number of hydrogen-bond acceptors (Lipinski definition) is 5. The van der Waals surface area contributed by atoms with Gasteiger partial charge in [-0.3, -0.25) is 4.79 Å². The van der Waals surface area contributed by atoms with Gasteiger partial charge < -0.3 is 19.7 Å². The molecule has 1 saturated heterocycles. The molecule has 0 saturated carbocycles. The molecule has 0 aromatic heterocycles. The van der Waals surface area contributed by atoms with Gasteiger partial charge in [-0.05, 0) is 51.0 Å². The topological polar surface area (TPSA) is 67.9 Å². The molecule has 6 heteroatoms. The maximum atomic E-state index is 12.0. The van der Waals surface area contributed by atoms with Gasteiger partial charge in [-0.25, -0.2) is 4.79 Å². The van der Waals surface area contributed by atoms with Crippen molar-refractivity contribution >= 4 is 17.6 Å². The summed E-state index contributed by atoms with van der Waals surface area (Å²) in [6.07, 6.45) is 2.06. The minimum Gasteiger partial charge on any atom is -0.452 e. The van der Waals surface area contributed by atoms with Crippen LogP contribution in [0.2, 0.25) is 0 Å². The first-order valence-electron chi connectivity index (χ1n) is 8.54. The molecule has 0 bridgehead atoms. The maximum Gasteiger partial charge on any atom is 0.338 e. The highest BCUT2D eigenvalue weighted by molar-refractivity contribution is 5.91. The molecule has 1 aromatic carbocycles. The largest absolute Gasteiger partial charge is 0.452 e. The lowest BCUT2D eigenvalue weighted by Gasteiger charge is -2.20. The molecule has 1 N–H and O–H groups in total. The normalized spacial score (nSPS) is 16.7. The lowest BCUT2D eigenvalue weighted by atomic mass is 10.2. The smallest absolute Gasteiger partial charge is 0.338 e. The van der Waals surface area contributed by atoms with E-state index in [4.69, 9.17) is 9.47 Å². The zero-order valence-corrected chi connectivity index (χ0v) is 14.4. The number of nitrogens with zero attached hydrogens (tertiary/aromatic N) is 1. The van der Waals surface area contributed by atoms with Crippen LogP contribution >= 0.6 is 0 Å². The first kappa shape index (κ1) is 18.3. The van der Waals surface area contributed by atoms with E-state index in [-0.39, 0.29) is 18.6 Å². The maximum absolute atomic E-state index is 12.0. The van der Waals surface area contributed by atoms with Crippen LogP contribution in [-0.2, 0) is 14.3 Å². The average Bonchev–Trinajstić information content (AvgIpc) is 3.13. The van der Waals surface area contributed by atoms with E-state index in [2.05, 4.69) is 24.1 Å². The molecule has 24 heavy (non-hydrogen) atoms. The van der Waals surface area contributed by atoms with Gasteiger partial charge in [0, 0.05) is 31.9 Å². The Balaban J connectivity index is 1.76. The molecule has 1 aliphatic rings. The van der Waals surface area contributed by atoms with Crippen LogP contribution in [0.5, 0.6) is 0 Å². The molecule has 0 aliphatic carbocycles. The van der Waals surface area contributed by atoms with Gasteiger partial charge >= 0.3 is 5.97 Å². The Kier molecular flexibility index (Phi) is 7.06. The van der Waals surface area contributed by atoms with Gasteiger partial charge in [-0.2, -0.15) is 0 Å². The van der Waals surface area contributed by atoms with Crippen molar-refractivity contribution in [2.24, 2.45) is 0 Å². The van der Waals surface area contributed by atoms with Gasteiger partial charge in [0.1, 0.15) is 0 Å². The number of amides is 1. The summed E-state index contributed by atoms with van der Waals surface area (Å²) < 4.78 is 10.5. The van der Waals surface area contributed by atoms with E-state index in [1.165, 1.54) is 0 Å². The standard InChI is InChI=1S/C18H26N2O4/c1-3-20(4-2)15-9-7-14(8-10-15)18(22)24-13-17(21)19-12-16-6-5-11-23-16/h7-10,16H,3-6,11-13H2,1-2H3,(H,19,21)/t16-/m1/s1. The van der Waals surface area contributed by atoms with Crippen LogP contribution in [-0.4, -0.2) is 50.8 Å². The van der Waals surface area contributed by atoms with E-state index in [0.717, 1.165) is 38.2 Å². The fourth-order valence-corrected chi connectivity index (χ4v) is 2.70. The average molecular weight is 334 g/mol. The number of ether oxygens (including phenoxy) is 2. The van der Waals surface area contributed by atoms with Crippen LogP contribution in [0.1, 0.15) is 37.0 Å². The highest BCUT2D eigenvalue weighted by atomic mass is 16.5. The Bertz CT molecular complexity index is 534. The van der Waals surface area contributed by atoms with E-state index < -0.39 is 5.97 Å². The number of carbonyl (C=O) groups is 2. The van der Waals surface area contributed by atoms with Crippen molar-refractivity contribution in [3.63, 3.8) is 0 Å². The molecular weight excluding hydrogens is 308 g/mol. The third-order valence-corrected chi connectivity index (χ3v) is 4.12. The summed E-state index contributed by atoms with van der Waals surface area (Å²) in [6, 6.07) is 7.22. The molecule has 0 radical (unpaired) electrons. The molecule has 0 unspecified atom stereocenters. The third-order valence-electron chi connectivity index (χ3n) is 4.12. The minimum absolute atomic E-state index is 0.0808. The van der Waals surface area contributed by atoms with E-state index in [9.17, 15) is 9.59 Å². The Morgan fingerprint density at radius 3 is 2.54 bits per heavy atom. The molecule has 132 valence electrons. The van der Waals surface area contributed by atoms with Crippen molar-refractivity contribution in [3.8, 4) is 0 Å². The van der Waals surface area contributed by atoms with E-state index in [1.54, 1.807) is 12.1 Å². The molecule has 2 rings (SSSR count). The summed E-state index contributed by atoms with van der Waals surface area (Å²) in [5.41, 5.74) is 1.50. The fraction of sp³-hybridized carbons (Fsp3) is 0.556. The van der Waals surface area contributed by atoms with Crippen LogP contribution in [0.25, 0.3) is 0 Å². The van der Waals surface area contributed by atoms with Crippen molar-refractivity contribution in [2.45, 2.75) is 32.8 Å². The van der Waals surface area contributed by atoms with Crippen molar-refractivity contribution in [1.82, 2.24) is 5.32 Å². The van der Waals surface area contributed by atoms with Crippen LogP contribution < -0.4 is 10.2 Å². The molecule has 0 spiro atoms. The second kappa shape index (κ2) is 9.27. The van der Waals surface area contributed by atoms with E-state index >= 15 is 0 Å². The molecule has 1 fully saturated rings. The number of anilines is 1. The molecular formula is C18H26N2O4. The molecule has 1 heterocycles. The number of benzene rings is 1. The monoisotopic (exact) mass is 334 g/mol. The zero-order chi connectivity index (χ0) is 17.4. The van der Waals surface area contributed by atoms with Gasteiger partial charge in [-0.15, -0.1) is 0 Å². The molecule has 6 nitrogen and oxygen atoms in total.